The van der Waals surface area contributed by atoms with E-state index in [1.54, 1.807) is 6.07 Å². The molecule has 3 aromatic rings. The van der Waals surface area contributed by atoms with Crippen molar-refractivity contribution in [1.82, 2.24) is 4.98 Å². The van der Waals surface area contributed by atoms with Crippen LogP contribution in [0.2, 0.25) is 0 Å². The first kappa shape index (κ1) is 16.9. The molecule has 0 saturated carbocycles. The van der Waals surface area contributed by atoms with E-state index in [0.717, 1.165) is 16.5 Å². The summed E-state index contributed by atoms with van der Waals surface area (Å²) in [6.07, 6.45) is 2.21. The summed E-state index contributed by atoms with van der Waals surface area (Å²) in [6, 6.07) is 13.4. The Balaban J connectivity index is 1.70. The second-order valence-electron chi connectivity index (χ2n) is 5.65. The van der Waals surface area contributed by atoms with Crippen LogP contribution in [0.15, 0.2) is 48.7 Å². The zero-order valence-electron chi connectivity index (χ0n) is 14.5. The van der Waals surface area contributed by atoms with Crippen molar-refractivity contribution in [3.05, 3.63) is 54.2 Å². The van der Waals surface area contributed by atoms with E-state index in [0.29, 0.717) is 36.8 Å². The third kappa shape index (κ3) is 4.12. The highest BCUT2D eigenvalue weighted by molar-refractivity contribution is 5.93. The number of nitrogens with one attached hydrogen (secondary N) is 2. The van der Waals surface area contributed by atoms with Crippen molar-refractivity contribution in [3.63, 3.8) is 0 Å². The van der Waals surface area contributed by atoms with Crippen molar-refractivity contribution in [3.8, 4) is 11.5 Å². The van der Waals surface area contributed by atoms with Gasteiger partial charge in [0.1, 0.15) is 0 Å². The Bertz CT molecular complexity index is 870. The van der Waals surface area contributed by atoms with E-state index in [2.05, 4.69) is 10.3 Å². The van der Waals surface area contributed by atoms with Gasteiger partial charge in [-0.1, -0.05) is 6.07 Å². The molecule has 0 unspecified atom stereocenters. The van der Waals surface area contributed by atoms with Crippen LogP contribution in [0.3, 0.4) is 0 Å². The smallest absolute Gasteiger partial charge is 0.228 e. The number of rotatable bonds is 7. The fourth-order valence-electron chi connectivity index (χ4n) is 2.73. The first-order chi connectivity index (χ1) is 12.2. The maximum absolute atomic E-state index is 12.3. The largest absolute Gasteiger partial charge is 0.490 e. The summed E-state index contributed by atoms with van der Waals surface area (Å²) >= 11 is 0. The number of amides is 1. The van der Waals surface area contributed by atoms with Crippen molar-refractivity contribution in [2.45, 2.75) is 20.3 Å². The number of hydrogen-bond donors (Lipinski definition) is 2. The Hall–Kier alpha value is -2.95. The quantitative estimate of drug-likeness (QED) is 0.680. The maximum Gasteiger partial charge on any atom is 0.228 e. The molecule has 0 fully saturated rings. The van der Waals surface area contributed by atoms with Gasteiger partial charge in [-0.05, 0) is 55.1 Å². The molecule has 1 heterocycles. The molecule has 5 nitrogen and oxygen atoms in total. The highest BCUT2D eigenvalue weighted by Crippen LogP contribution is 2.30. The van der Waals surface area contributed by atoms with Crippen LogP contribution in [-0.2, 0) is 11.2 Å². The number of ether oxygens (including phenoxy) is 2. The van der Waals surface area contributed by atoms with Gasteiger partial charge in [0.15, 0.2) is 11.5 Å². The third-order valence-corrected chi connectivity index (χ3v) is 3.81. The van der Waals surface area contributed by atoms with Gasteiger partial charge in [-0.25, -0.2) is 0 Å². The summed E-state index contributed by atoms with van der Waals surface area (Å²) in [5.41, 5.74) is 2.73. The number of anilines is 1. The number of aromatic nitrogens is 1. The van der Waals surface area contributed by atoms with Crippen LogP contribution in [0.4, 0.5) is 5.69 Å². The van der Waals surface area contributed by atoms with Crippen LogP contribution in [0, 0.1) is 0 Å². The lowest BCUT2D eigenvalue weighted by atomic mass is 10.1. The van der Waals surface area contributed by atoms with Gasteiger partial charge in [0.25, 0.3) is 0 Å². The predicted octanol–water partition coefficient (Wildman–Crippen LogP) is 4.15. The number of hydrogen-bond acceptors (Lipinski definition) is 3. The van der Waals surface area contributed by atoms with Crippen molar-refractivity contribution in [1.29, 1.82) is 0 Å². The van der Waals surface area contributed by atoms with E-state index >= 15 is 0 Å². The fourth-order valence-corrected chi connectivity index (χ4v) is 2.73. The first-order valence-electron chi connectivity index (χ1n) is 8.45. The second kappa shape index (κ2) is 7.75. The Morgan fingerprint density at radius 2 is 1.80 bits per heavy atom. The number of fused-ring (bicyclic) bond motifs is 1. The standard InChI is InChI=1S/C20H22N2O3/c1-3-24-18-8-6-16(13-19(18)25-4-2)22-20(23)12-14-5-7-17-15(11-14)9-10-21-17/h5-11,13,21H,3-4,12H2,1-2H3,(H,22,23). The summed E-state index contributed by atoms with van der Waals surface area (Å²) in [5, 5.41) is 4.02. The molecule has 0 aliphatic heterocycles. The number of carbonyl (C=O) groups excluding carboxylic acids is 1. The topological polar surface area (TPSA) is 63.3 Å². The fraction of sp³-hybridized carbons (Fsp3) is 0.250. The van der Waals surface area contributed by atoms with E-state index < -0.39 is 0 Å². The number of carbonyl (C=O) groups is 1. The van der Waals surface area contributed by atoms with Crippen molar-refractivity contribution in [2.24, 2.45) is 0 Å². The van der Waals surface area contributed by atoms with Crippen molar-refractivity contribution < 1.29 is 14.3 Å². The zero-order chi connectivity index (χ0) is 17.6. The number of aromatic amines is 1. The molecule has 2 aromatic carbocycles. The lowest BCUT2D eigenvalue weighted by Gasteiger charge is -2.13. The van der Waals surface area contributed by atoms with Gasteiger partial charge < -0.3 is 19.8 Å². The highest BCUT2D eigenvalue weighted by atomic mass is 16.5. The molecule has 1 aromatic heterocycles. The Morgan fingerprint density at radius 3 is 2.60 bits per heavy atom. The van der Waals surface area contributed by atoms with E-state index in [4.69, 9.17) is 9.47 Å². The molecule has 0 radical (unpaired) electrons. The van der Waals surface area contributed by atoms with Crippen LogP contribution in [0.25, 0.3) is 10.9 Å². The SMILES string of the molecule is CCOc1ccc(NC(=O)Cc2ccc3[nH]ccc3c2)cc1OCC. The average Bonchev–Trinajstić information content (AvgIpc) is 3.05. The highest BCUT2D eigenvalue weighted by Gasteiger charge is 2.09. The van der Waals surface area contributed by atoms with E-state index in [1.807, 2.05) is 56.4 Å². The molecular weight excluding hydrogens is 316 g/mol. The minimum atomic E-state index is -0.0681. The summed E-state index contributed by atoms with van der Waals surface area (Å²) in [5.74, 6) is 1.25. The van der Waals surface area contributed by atoms with Gasteiger partial charge in [0, 0.05) is 23.5 Å². The molecular formula is C20H22N2O3. The Kier molecular flexibility index (Phi) is 5.23. The number of benzene rings is 2. The lowest BCUT2D eigenvalue weighted by molar-refractivity contribution is -0.115. The summed E-state index contributed by atoms with van der Waals surface area (Å²) in [4.78, 5) is 15.5. The molecule has 0 atom stereocenters. The van der Waals surface area contributed by atoms with Gasteiger partial charge in [-0.3, -0.25) is 4.79 Å². The Labute approximate surface area is 147 Å². The molecule has 0 saturated heterocycles. The summed E-state index contributed by atoms with van der Waals surface area (Å²) < 4.78 is 11.1. The summed E-state index contributed by atoms with van der Waals surface area (Å²) in [6.45, 7) is 4.94. The molecule has 130 valence electrons. The molecule has 2 N–H and O–H groups in total. The van der Waals surface area contributed by atoms with Gasteiger partial charge in [-0.15, -0.1) is 0 Å². The normalized spacial score (nSPS) is 10.6. The molecule has 0 aliphatic rings. The van der Waals surface area contributed by atoms with Crippen LogP contribution < -0.4 is 14.8 Å². The molecule has 5 heteroatoms. The molecule has 25 heavy (non-hydrogen) atoms. The summed E-state index contributed by atoms with van der Waals surface area (Å²) in [7, 11) is 0. The van der Waals surface area contributed by atoms with E-state index in [1.165, 1.54) is 0 Å². The van der Waals surface area contributed by atoms with Crippen molar-refractivity contribution >= 4 is 22.5 Å². The van der Waals surface area contributed by atoms with E-state index in [9.17, 15) is 4.79 Å². The minimum Gasteiger partial charge on any atom is -0.490 e. The first-order valence-corrected chi connectivity index (χ1v) is 8.45. The molecule has 3 rings (SSSR count). The van der Waals surface area contributed by atoms with Gasteiger partial charge in [0.2, 0.25) is 5.91 Å². The van der Waals surface area contributed by atoms with Crippen molar-refractivity contribution in [2.75, 3.05) is 18.5 Å². The number of H-pyrrole nitrogens is 1. The van der Waals surface area contributed by atoms with Gasteiger partial charge in [-0.2, -0.15) is 0 Å². The monoisotopic (exact) mass is 338 g/mol. The minimum absolute atomic E-state index is 0.0681. The van der Waals surface area contributed by atoms with E-state index in [-0.39, 0.29) is 5.91 Å². The Morgan fingerprint density at radius 1 is 1.00 bits per heavy atom. The van der Waals surface area contributed by atoms with Crippen LogP contribution in [0.1, 0.15) is 19.4 Å². The third-order valence-electron chi connectivity index (χ3n) is 3.81. The molecule has 0 spiro atoms. The predicted molar refractivity (Wildman–Crippen MR) is 99.4 cm³/mol. The van der Waals surface area contributed by atoms with Gasteiger partial charge in [0.05, 0.1) is 19.6 Å². The average molecular weight is 338 g/mol. The molecule has 0 aliphatic carbocycles. The second-order valence-corrected chi connectivity index (χ2v) is 5.65. The lowest BCUT2D eigenvalue weighted by Crippen LogP contribution is -2.14. The molecule has 0 bridgehead atoms. The zero-order valence-corrected chi connectivity index (χ0v) is 14.5. The van der Waals surface area contributed by atoms with Crippen LogP contribution >= 0.6 is 0 Å². The van der Waals surface area contributed by atoms with Crippen LogP contribution in [-0.4, -0.2) is 24.1 Å². The maximum atomic E-state index is 12.3. The van der Waals surface area contributed by atoms with Crippen LogP contribution in [0.5, 0.6) is 11.5 Å². The molecule has 1 amide bonds. The van der Waals surface area contributed by atoms with Gasteiger partial charge >= 0.3 is 0 Å².